The fourth-order valence-electron chi connectivity index (χ4n) is 1.44. The highest BCUT2D eigenvalue weighted by molar-refractivity contribution is 5.84. The van der Waals surface area contributed by atoms with Crippen molar-refractivity contribution in [1.29, 1.82) is 0 Å². The molecule has 0 aliphatic heterocycles. The van der Waals surface area contributed by atoms with Gasteiger partial charge in [0.2, 0.25) is 0 Å². The highest BCUT2D eigenvalue weighted by Crippen LogP contribution is 2.07. The molecule has 2 N–H and O–H groups in total. The number of ether oxygens (including phenoxy) is 1. The van der Waals surface area contributed by atoms with E-state index in [2.05, 4.69) is 11.9 Å². The summed E-state index contributed by atoms with van der Waals surface area (Å²) in [6.45, 7) is 3.31. The molecule has 1 unspecified atom stereocenters. The average Bonchev–Trinajstić information content (AvgIpc) is 2.42. The summed E-state index contributed by atoms with van der Waals surface area (Å²) < 4.78 is 5.23. The van der Waals surface area contributed by atoms with Gasteiger partial charge < -0.3 is 15.2 Å². The first-order valence-corrected chi connectivity index (χ1v) is 5.94. The van der Waals surface area contributed by atoms with E-state index in [9.17, 15) is 9.59 Å². The highest BCUT2D eigenvalue weighted by atomic mass is 16.5. The minimum absolute atomic E-state index is 0.206. The number of carbonyl (C=O) groups excluding carboxylic acids is 1. The summed E-state index contributed by atoms with van der Waals surface area (Å²) in [5.41, 5.74) is 0. The van der Waals surface area contributed by atoms with Crippen LogP contribution in [0.15, 0.2) is 43.0 Å². The number of benzene rings is 1. The summed E-state index contributed by atoms with van der Waals surface area (Å²) in [6.07, 6.45) is 2.45. The molecule has 1 rings (SSSR count). The maximum Gasteiger partial charge on any atom is 0.326 e. The molecule has 0 fully saturated rings. The van der Waals surface area contributed by atoms with Crippen LogP contribution in [0.3, 0.4) is 0 Å². The van der Waals surface area contributed by atoms with Gasteiger partial charge in [-0.3, -0.25) is 4.79 Å². The number of nitrogens with one attached hydrogen (secondary N) is 1. The molecule has 0 bridgehead atoms. The third-order valence-corrected chi connectivity index (χ3v) is 2.41. The molecule has 0 aliphatic rings. The SMILES string of the molecule is C=CCCC(NC(=O)COc1ccccc1)C(=O)O. The number of para-hydroxylation sites is 1. The molecule has 102 valence electrons. The molecule has 0 aliphatic carbocycles. The Morgan fingerprint density at radius 3 is 2.63 bits per heavy atom. The van der Waals surface area contributed by atoms with Gasteiger partial charge in [-0.25, -0.2) is 4.79 Å². The van der Waals surface area contributed by atoms with Crippen LogP contribution < -0.4 is 10.1 Å². The lowest BCUT2D eigenvalue weighted by Gasteiger charge is -2.13. The third kappa shape index (κ3) is 5.72. The molecule has 0 saturated carbocycles. The van der Waals surface area contributed by atoms with Crippen LogP contribution in [0, 0.1) is 0 Å². The Morgan fingerprint density at radius 1 is 1.37 bits per heavy atom. The molecule has 0 heterocycles. The van der Waals surface area contributed by atoms with Gasteiger partial charge in [0.25, 0.3) is 5.91 Å². The number of allylic oxidation sites excluding steroid dienone is 1. The van der Waals surface area contributed by atoms with Gasteiger partial charge in [0, 0.05) is 0 Å². The zero-order chi connectivity index (χ0) is 14.1. The lowest BCUT2D eigenvalue weighted by Crippen LogP contribution is -2.42. The minimum Gasteiger partial charge on any atom is -0.484 e. The number of hydrogen-bond donors (Lipinski definition) is 2. The molecule has 1 atom stereocenters. The second-order valence-corrected chi connectivity index (χ2v) is 3.93. The van der Waals surface area contributed by atoms with Crippen molar-refractivity contribution in [1.82, 2.24) is 5.32 Å². The first kappa shape index (κ1) is 14.8. The monoisotopic (exact) mass is 263 g/mol. The molecule has 1 aromatic carbocycles. The first-order chi connectivity index (χ1) is 9.13. The van der Waals surface area contributed by atoms with Gasteiger partial charge in [0.05, 0.1) is 0 Å². The lowest BCUT2D eigenvalue weighted by atomic mass is 10.1. The number of carboxylic acid groups (broad SMARTS) is 1. The van der Waals surface area contributed by atoms with Crippen molar-refractivity contribution in [2.75, 3.05) is 6.61 Å². The Morgan fingerprint density at radius 2 is 2.05 bits per heavy atom. The van der Waals surface area contributed by atoms with E-state index in [0.29, 0.717) is 18.6 Å². The number of hydrogen-bond acceptors (Lipinski definition) is 3. The van der Waals surface area contributed by atoms with Crippen LogP contribution in [0.5, 0.6) is 5.75 Å². The maximum absolute atomic E-state index is 11.6. The summed E-state index contributed by atoms with van der Waals surface area (Å²) in [7, 11) is 0. The van der Waals surface area contributed by atoms with Gasteiger partial charge >= 0.3 is 5.97 Å². The average molecular weight is 263 g/mol. The quantitative estimate of drug-likeness (QED) is 0.698. The molecular formula is C14H17NO4. The molecular weight excluding hydrogens is 246 g/mol. The Balaban J connectivity index is 2.40. The minimum atomic E-state index is -1.06. The van der Waals surface area contributed by atoms with Crippen molar-refractivity contribution in [3.05, 3.63) is 43.0 Å². The largest absolute Gasteiger partial charge is 0.484 e. The first-order valence-electron chi connectivity index (χ1n) is 5.94. The maximum atomic E-state index is 11.6. The number of aliphatic carboxylic acids is 1. The van der Waals surface area contributed by atoms with E-state index >= 15 is 0 Å². The molecule has 0 aromatic heterocycles. The van der Waals surface area contributed by atoms with Gasteiger partial charge in [-0.05, 0) is 25.0 Å². The van der Waals surface area contributed by atoms with Crippen LogP contribution in [-0.4, -0.2) is 29.6 Å². The Kier molecular flexibility index (Phi) is 6.15. The zero-order valence-corrected chi connectivity index (χ0v) is 10.5. The molecule has 5 nitrogen and oxygen atoms in total. The second-order valence-electron chi connectivity index (χ2n) is 3.93. The zero-order valence-electron chi connectivity index (χ0n) is 10.5. The smallest absolute Gasteiger partial charge is 0.326 e. The van der Waals surface area contributed by atoms with Crippen LogP contribution in [0.1, 0.15) is 12.8 Å². The van der Waals surface area contributed by atoms with E-state index < -0.39 is 17.9 Å². The topological polar surface area (TPSA) is 75.6 Å². The third-order valence-electron chi connectivity index (χ3n) is 2.41. The Hall–Kier alpha value is -2.30. The van der Waals surface area contributed by atoms with Gasteiger partial charge in [-0.2, -0.15) is 0 Å². The fourth-order valence-corrected chi connectivity index (χ4v) is 1.44. The number of carbonyl (C=O) groups is 2. The van der Waals surface area contributed by atoms with Gasteiger partial charge in [-0.15, -0.1) is 6.58 Å². The van der Waals surface area contributed by atoms with Crippen LogP contribution in [0.25, 0.3) is 0 Å². The standard InChI is InChI=1S/C14H17NO4/c1-2-3-9-12(14(17)18)15-13(16)10-19-11-7-5-4-6-8-11/h2,4-8,12H,1,3,9-10H2,(H,15,16)(H,17,18). The summed E-state index contributed by atoms with van der Waals surface area (Å²) in [4.78, 5) is 22.5. The molecule has 0 saturated heterocycles. The highest BCUT2D eigenvalue weighted by Gasteiger charge is 2.18. The molecule has 1 amide bonds. The van der Waals surface area contributed by atoms with Crippen LogP contribution in [0.4, 0.5) is 0 Å². The van der Waals surface area contributed by atoms with E-state index in [0.717, 1.165) is 0 Å². The summed E-state index contributed by atoms with van der Waals surface area (Å²) in [5, 5.41) is 11.4. The van der Waals surface area contributed by atoms with Crippen LogP contribution in [0.2, 0.25) is 0 Å². The van der Waals surface area contributed by atoms with Crippen molar-refractivity contribution >= 4 is 11.9 Å². The molecule has 19 heavy (non-hydrogen) atoms. The van der Waals surface area contributed by atoms with E-state index in [1.54, 1.807) is 30.3 Å². The van der Waals surface area contributed by atoms with Crippen molar-refractivity contribution < 1.29 is 19.4 Å². The fraction of sp³-hybridized carbons (Fsp3) is 0.286. The van der Waals surface area contributed by atoms with Crippen molar-refractivity contribution in [3.63, 3.8) is 0 Å². The van der Waals surface area contributed by atoms with Crippen molar-refractivity contribution in [2.24, 2.45) is 0 Å². The number of amides is 1. The molecule has 5 heteroatoms. The van der Waals surface area contributed by atoms with E-state index in [-0.39, 0.29) is 6.61 Å². The normalized spacial score (nSPS) is 11.4. The Labute approximate surface area is 111 Å². The Bertz CT molecular complexity index is 430. The summed E-state index contributed by atoms with van der Waals surface area (Å²) in [5.74, 6) is -0.953. The van der Waals surface area contributed by atoms with Crippen molar-refractivity contribution in [2.45, 2.75) is 18.9 Å². The van der Waals surface area contributed by atoms with E-state index in [1.807, 2.05) is 6.07 Å². The van der Waals surface area contributed by atoms with E-state index in [1.165, 1.54) is 0 Å². The van der Waals surface area contributed by atoms with Gasteiger partial charge in [-0.1, -0.05) is 24.3 Å². The molecule has 0 spiro atoms. The van der Waals surface area contributed by atoms with Crippen molar-refractivity contribution in [3.8, 4) is 5.75 Å². The summed E-state index contributed by atoms with van der Waals surface area (Å²) >= 11 is 0. The second kappa shape index (κ2) is 7.92. The number of carboxylic acids is 1. The predicted molar refractivity (Wildman–Crippen MR) is 70.9 cm³/mol. The molecule has 0 radical (unpaired) electrons. The summed E-state index contributed by atoms with van der Waals surface area (Å²) in [6, 6.07) is 7.95. The van der Waals surface area contributed by atoms with Gasteiger partial charge in [0.1, 0.15) is 11.8 Å². The van der Waals surface area contributed by atoms with E-state index in [4.69, 9.17) is 9.84 Å². The number of rotatable bonds is 8. The van der Waals surface area contributed by atoms with Gasteiger partial charge in [0.15, 0.2) is 6.61 Å². The van der Waals surface area contributed by atoms with Crippen LogP contribution >= 0.6 is 0 Å². The van der Waals surface area contributed by atoms with Crippen LogP contribution in [-0.2, 0) is 9.59 Å². The molecule has 1 aromatic rings. The lowest BCUT2D eigenvalue weighted by molar-refractivity contribution is -0.142. The predicted octanol–water partition coefficient (Wildman–Crippen LogP) is 1.60.